The van der Waals surface area contributed by atoms with Crippen molar-refractivity contribution in [1.82, 2.24) is 10.7 Å². The van der Waals surface area contributed by atoms with E-state index in [0.29, 0.717) is 5.11 Å². The molecule has 0 bridgehead atoms. The lowest BCUT2D eigenvalue weighted by atomic mass is 10.1. The minimum Gasteiger partial charge on any atom is -0.378 e. The second kappa shape index (κ2) is 15.4. The van der Waals surface area contributed by atoms with Crippen molar-refractivity contribution in [2.45, 2.75) is 71.1 Å². The molecule has 0 spiro atoms. The lowest BCUT2D eigenvalue weighted by Gasteiger charge is -2.11. The highest BCUT2D eigenvalue weighted by Crippen LogP contribution is 2.11. The van der Waals surface area contributed by atoms with Gasteiger partial charge in [0.25, 0.3) is 0 Å². The highest BCUT2D eigenvalue weighted by atomic mass is 32.1. The summed E-state index contributed by atoms with van der Waals surface area (Å²) in [5.74, 6) is 0. The van der Waals surface area contributed by atoms with E-state index in [2.05, 4.69) is 39.8 Å². The van der Waals surface area contributed by atoms with Gasteiger partial charge in [-0.15, -0.1) is 0 Å². The highest BCUT2D eigenvalue weighted by Gasteiger charge is 1.96. The van der Waals surface area contributed by atoms with E-state index in [1.807, 2.05) is 26.2 Å². The van der Waals surface area contributed by atoms with E-state index in [1.165, 1.54) is 63.5 Å². The Kier molecular flexibility index (Phi) is 13.4. The molecule has 0 fully saturated rings. The molecule has 0 unspecified atom stereocenters. The molecule has 4 nitrogen and oxygen atoms in total. The van der Waals surface area contributed by atoms with Crippen LogP contribution in [0, 0.1) is 0 Å². The molecule has 1 aromatic rings. The van der Waals surface area contributed by atoms with Crippen LogP contribution < -0.4 is 15.6 Å². The van der Waals surface area contributed by atoms with Gasteiger partial charge in [0.2, 0.25) is 0 Å². The summed E-state index contributed by atoms with van der Waals surface area (Å²) in [5, 5.41) is 8.00. The number of nitrogens with one attached hydrogen (secondary N) is 2. The van der Waals surface area contributed by atoms with Crippen molar-refractivity contribution in [3.05, 3.63) is 29.8 Å². The van der Waals surface area contributed by atoms with Crippen LogP contribution in [0.25, 0.3) is 0 Å². The molecule has 0 aromatic heterocycles. The highest BCUT2D eigenvalue weighted by molar-refractivity contribution is 7.80. The van der Waals surface area contributed by atoms with E-state index < -0.39 is 0 Å². The summed E-state index contributed by atoms with van der Waals surface area (Å²) in [6, 6.07) is 8.23. The smallest absolute Gasteiger partial charge is 0.186 e. The Hall–Kier alpha value is -1.62. The zero-order chi connectivity index (χ0) is 19.7. The Bertz CT molecular complexity index is 526. The molecule has 1 rings (SSSR count). The molecule has 27 heavy (non-hydrogen) atoms. The Balaban J connectivity index is 1.99. The molecule has 152 valence electrons. The molecule has 0 amide bonds. The van der Waals surface area contributed by atoms with Crippen molar-refractivity contribution in [2.24, 2.45) is 5.10 Å². The summed E-state index contributed by atoms with van der Waals surface area (Å²) >= 11 is 5.25. The van der Waals surface area contributed by atoms with Gasteiger partial charge >= 0.3 is 0 Å². The van der Waals surface area contributed by atoms with Crippen molar-refractivity contribution in [1.29, 1.82) is 0 Å². The van der Waals surface area contributed by atoms with Gasteiger partial charge in [0.15, 0.2) is 5.11 Å². The van der Waals surface area contributed by atoms with Crippen molar-refractivity contribution in [2.75, 3.05) is 25.5 Å². The van der Waals surface area contributed by atoms with Gasteiger partial charge in [0.05, 0.1) is 6.21 Å². The average Bonchev–Trinajstić information content (AvgIpc) is 2.66. The first kappa shape index (κ1) is 23.4. The van der Waals surface area contributed by atoms with Gasteiger partial charge in [-0.2, -0.15) is 5.10 Å². The molecule has 0 aliphatic carbocycles. The topological polar surface area (TPSA) is 39.7 Å². The zero-order valence-corrected chi connectivity index (χ0v) is 18.3. The molecular weight excluding hydrogens is 352 g/mol. The van der Waals surface area contributed by atoms with Crippen molar-refractivity contribution < 1.29 is 0 Å². The summed E-state index contributed by atoms with van der Waals surface area (Å²) < 4.78 is 0. The molecule has 0 saturated carbocycles. The molecule has 0 radical (unpaired) electrons. The summed E-state index contributed by atoms with van der Waals surface area (Å²) in [4.78, 5) is 2.08. The maximum absolute atomic E-state index is 5.25. The van der Waals surface area contributed by atoms with Crippen molar-refractivity contribution in [3.8, 4) is 0 Å². The molecule has 0 aliphatic rings. The Morgan fingerprint density at radius 3 is 2.04 bits per heavy atom. The van der Waals surface area contributed by atoms with Crippen LogP contribution in [0.2, 0.25) is 0 Å². The minimum atomic E-state index is 0.590. The van der Waals surface area contributed by atoms with E-state index >= 15 is 0 Å². The summed E-state index contributed by atoms with van der Waals surface area (Å²) in [6.07, 6.45) is 15.3. The lowest BCUT2D eigenvalue weighted by Crippen LogP contribution is -2.32. The first-order chi connectivity index (χ1) is 13.1. The van der Waals surface area contributed by atoms with Gasteiger partial charge in [-0.05, 0) is 36.3 Å². The Morgan fingerprint density at radius 1 is 0.926 bits per heavy atom. The molecule has 0 aliphatic heterocycles. The van der Waals surface area contributed by atoms with E-state index in [0.717, 1.165) is 18.5 Å². The van der Waals surface area contributed by atoms with Gasteiger partial charge in [-0.25, -0.2) is 0 Å². The van der Waals surface area contributed by atoms with Gasteiger partial charge in [0.1, 0.15) is 0 Å². The predicted octanol–water partition coefficient (Wildman–Crippen LogP) is 5.47. The second-order valence-electron chi connectivity index (χ2n) is 7.29. The zero-order valence-electron chi connectivity index (χ0n) is 17.5. The third-order valence-electron chi connectivity index (χ3n) is 4.61. The van der Waals surface area contributed by atoms with Crippen molar-refractivity contribution in [3.63, 3.8) is 0 Å². The Morgan fingerprint density at radius 2 is 1.48 bits per heavy atom. The fourth-order valence-electron chi connectivity index (χ4n) is 2.88. The van der Waals surface area contributed by atoms with Gasteiger partial charge in [-0.1, -0.05) is 76.8 Å². The van der Waals surface area contributed by atoms with Crippen LogP contribution in [0.1, 0.15) is 76.7 Å². The van der Waals surface area contributed by atoms with Gasteiger partial charge in [0, 0.05) is 26.3 Å². The van der Waals surface area contributed by atoms with E-state index in [1.54, 1.807) is 6.21 Å². The van der Waals surface area contributed by atoms with Crippen LogP contribution in [0.4, 0.5) is 5.69 Å². The number of nitrogens with zero attached hydrogens (tertiary/aromatic N) is 2. The first-order valence-corrected chi connectivity index (χ1v) is 10.9. The minimum absolute atomic E-state index is 0.590. The maximum atomic E-state index is 5.25. The fourth-order valence-corrected chi connectivity index (χ4v) is 3.03. The normalized spacial score (nSPS) is 10.9. The number of hydrazone groups is 1. The van der Waals surface area contributed by atoms with Crippen LogP contribution >= 0.6 is 12.2 Å². The molecular formula is C22H38N4S. The second-order valence-corrected chi connectivity index (χ2v) is 7.70. The molecule has 2 N–H and O–H groups in total. The number of hydrogen-bond acceptors (Lipinski definition) is 3. The predicted molar refractivity (Wildman–Crippen MR) is 124 cm³/mol. The molecule has 5 heteroatoms. The quantitative estimate of drug-likeness (QED) is 0.191. The van der Waals surface area contributed by atoms with Crippen LogP contribution in [0.5, 0.6) is 0 Å². The SMILES string of the molecule is CCCCCCCCCCCCNC(=S)NN=Cc1ccc(N(C)C)cc1. The third kappa shape index (κ3) is 12.4. The largest absolute Gasteiger partial charge is 0.378 e. The van der Waals surface area contributed by atoms with Crippen LogP contribution in [-0.2, 0) is 0 Å². The van der Waals surface area contributed by atoms with Gasteiger partial charge < -0.3 is 10.2 Å². The average molecular weight is 391 g/mol. The number of thiocarbonyl (C=S) groups is 1. The molecule has 0 saturated heterocycles. The van der Waals surface area contributed by atoms with Crippen LogP contribution in [-0.4, -0.2) is 32.0 Å². The summed E-state index contributed by atoms with van der Waals surface area (Å²) in [6.45, 7) is 3.18. The Labute approximate surface area is 171 Å². The molecule has 1 aromatic carbocycles. The molecule has 0 heterocycles. The van der Waals surface area contributed by atoms with E-state index in [4.69, 9.17) is 12.2 Å². The molecule has 0 atom stereocenters. The van der Waals surface area contributed by atoms with Crippen molar-refractivity contribution >= 4 is 29.2 Å². The summed E-state index contributed by atoms with van der Waals surface area (Å²) in [7, 11) is 4.06. The third-order valence-corrected chi connectivity index (χ3v) is 4.84. The lowest BCUT2D eigenvalue weighted by molar-refractivity contribution is 0.554. The monoisotopic (exact) mass is 390 g/mol. The van der Waals surface area contributed by atoms with Crippen LogP contribution in [0.15, 0.2) is 29.4 Å². The van der Waals surface area contributed by atoms with Gasteiger partial charge in [-0.3, -0.25) is 5.43 Å². The number of benzene rings is 1. The van der Waals surface area contributed by atoms with E-state index in [-0.39, 0.29) is 0 Å². The standard InChI is InChI=1S/C22H38N4S/c1-4-5-6-7-8-9-10-11-12-13-18-23-22(27)25-24-19-20-14-16-21(17-15-20)26(2)3/h14-17,19H,4-13,18H2,1-3H3,(H2,23,25,27). The van der Waals surface area contributed by atoms with Crippen LogP contribution in [0.3, 0.4) is 0 Å². The van der Waals surface area contributed by atoms with E-state index in [9.17, 15) is 0 Å². The number of anilines is 1. The fraction of sp³-hybridized carbons (Fsp3) is 0.636. The number of hydrogen-bond donors (Lipinski definition) is 2. The number of unbranched alkanes of at least 4 members (excludes halogenated alkanes) is 9. The summed E-state index contributed by atoms with van der Waals surface area (Å²) in [5.41, 5.74) is 5.11. The maximum Gasteiger partial charge on any atom is 0.186 e. The number of rotatable bonds is 14. The first-order valence-electron chi connectivity index (χ1n) is 10.5.